The molecule has 2 spiro atoms. The molecule has 1 aromatic heterocycles. The molecule has 1 aromatic carbocycles. The molecule has 2 saturated heterocycles. The van der Waals surface area contributed by atoms with Gasteiger partial charge < -0.3 is 24.8 Å². The highest BCUT2D eigenvalue weighted by atomic mass is 19.1. The van der Waals surface area contributed by atoms with E-state index < -0.39 is 29.1 Å². The van der Waals surface area contributed by atoms with Crippen molar-refractivity contribution in [2.45, 2.75) is 80.6 Å². The van der Waals surface area contributed by atoms with E-state index in [-0.39, 0.29) is 29.4 Å². The SMILES string of the molecule is CN(C)[C@H]1C[C@@]23CC[C@@]4(O2)C(=CCC2(C)C(c5ccc6cc(=O)[nH]cc6c5)=CCC24)C(O)C3(F)CC1O. The molecule has 3 N–H and O–H groups in total. The summed E-state index contributed by atoms with van der Waals surface area (Å²) in [5.74, 6) is 0.0875. The highest BCUT2D eigenvalue weighted by Gasteiger charge is 2.76. The highest BCUT2D eigenvalue weighted by molar-refractivity contribution is 5.87. The van der Waals surface area contributed by atoms with Crippen molar-refractivity contribution in [3.8, 4) is 0 Å². The summed E-state index contributed by atoms with van der Waals surface area (Å²) in [6, 6.07) is 7.61. The number of pyridine rings is 1. The summed E-state index contributed by atoms with van der Waals surface area (Å²) in [5, 5.41) is 24.3. The first-order chi connectivity index (χ1) is 17.5. The average Bonchev–Trinajstić information content (AvgIpc) is 3.39. The van der Waals surface area contributed by atoms with Crippen LogP contribution in [0.15, 0.2) is 53.0 Å². The standard InChI is InChI=1S/C30H35FN2O4/c1-27-9-8-21-26(36)30(31)15-23(34)22(33(2)3)14-28(30)10-11-29(21,37-28)24(27)7-6-20(27)18-5-4-17-13-25(35)32-16-19(17)12-18/h4-6,8,12-13,16,22-24,26,34,36H,7,9-11,14-15H2,1-3H3,(H,32,35)/t22-,23?,24?,26?,27?,28+,29+,30?/m0/s1. The third-order valence-corrected chi connectivity index (χ3v) is 10.7. The normalized spacial score (nSPS) is 44.3. The van der Waals surface area contributed by atoms with Gasteiger partial charge in [0.25, 0.3) is 0 Å². The van der Waals surface area contributed by atoms with E-state index in [0.29, 0.717) is 31.3 Å². The fourth-order valence-corrected chi connectivity index (χ4v) is 8.82. The Hall–Kier alpha value is -2.32. The van der Waals surface area contributed by atoms with Crippen molar-refractivity contribution in [1.82, 2.24) is 9.88 Å². The average molecular weight is 507 g/mol. The number of fused-ring (bicyclic) bond motifs is 2. The number of rotatable bonds is 2. The zero-order chi connectivity index (χ0) is 26.0. The van der Waals surface area contributed by atoms with Gasteiger partial charge in [0, 0.05) is 36.1 Å². The zero-order valence-electron chi connectivity index (χ0n) is 21.6. The number of H-pyrrole nitrogens is 1. The molecule has 6 nitrogen and oxygen atoms in total. The summed E-state index contributed by atoms with van der Waals surface area (Å²) < 4.78 is 23.9. The summed E-state index contributed by atoms with van der Waals surface area (Å²) in [5.41, 5.74) is -1.10. The predicted molar refractivity (Wildman–Crippen MR) is 140 cm³/mol. The summed E-state index contributed by atoms with van der Waals surface area (Å²) >= 11 is 0. The Balaban J connectivity index is 1.30. The van der Waals surface area contributed by atoms with Gasteiger partial charge in [-0.15, -0.1) is 0 Å². The zero-order valence-corrected chi connectivity index (χ0v) is 21.6. The summed E-state index contributed by atoms with van der Waals surface area (Å²) in [7, 11) is 3.82. The largest absolute Gasteiger partial charge is 0.391 e. The van der Waals surface area contributed by atoms with Crippen molar-refractivity contribution >= 4 is 16.3 Å². The van der Waals surface area contributed by atoms with Gasteiger partial charge in [0.2, 0.25) is 5.56 Å². The molecule has 7 rings (SSSR count). The van der Waals surface area contributed by atoms with Gasteiger partial charge in [-0.2, -0.15) is 0 Å². The molecule has 0 radical (unpaired) electrons. The van der Waals surface area contributed by atoms with Gasteiger partial charge in [0.1, 0.15) is 11.7 Å². The molecule has 2 aromatic rings. The Morgan fingerprint density at radius 2 is 1.92 bits per heavy atom. The number of nitrogens with one attached hydrogen (secondary N) is 1. The Bertz CT molecular complexity index is 1430. The molecule has 3 aliphatic carbocycles. The fourth-order valence-electron chi connectivity index (χ4n) is 8.82. The number of hydrogen-bond acceptors (Lipinski definition) is 5. The van der Waals surface area contributed by atoms with Crippen molar-refractivity contribution in [3.05, 3.63) is 64.1 Å². The number of aromatic nitrogens is 1. The summed E-state index contributed by atoms with van der Waals surface area (Å²) in [6.07, 6.45) is 6.94. The quantitative estimate of drug-likeness (QED) is 0.541. The molecular weight excluding hydrogens is 471 g/mol. The number of aliphatic hydroxyl groups is 2. The third-order valence-electron chi connectivity index (χ3n) is 10.7. The van der Waals surface area contributed by atoms with Crippen molar-refractivity contribution in [1.29, 1.82) is 0 Å². The number of hydrogen-bond donors (Lipinski definition) is 3. The summed E-state index contributed by atoms with van der Waals surface area (Å²) in [6.45, 7) is 2.28. The topological polar surface area (TPSA) is 85.8 Å². The van der Waals surface area contributed by atoms with Crippen LogP contribution in [0.2, 0.25) is 0 Å². The smallest absolute Gasteiger partial charge is 0.248 e. The minimum absolute atomic E-state index is 0.0875. The minimum atomic E-state index is -2.00. The number of likely N-dealkylation sites (N-methyl/N-ethyl adjacent to an activating group) is 1. The van der Waals surface area contributed by atoms with E-state index in [2.05, 4.69) is 30.1 Å². The molecule has 3 heterocycles. The van der Waals surface area contributed by atoms with E-state index in [4.69, 9.17) is 4.74 Å². The second-order valence-electron chi connectivity index (χ2n) is 12.6. The first-order valence-electron chi connectivity index (χ1n) is 13.5. The monoisotopic (exact) mass is 506 g/mol. The van der Waals surface area contributed by atoms with Crippen LogP contribution in [-0.4, -0.2) is 69.3 Å². The van der Waals surface area contributed by atoms with Crippen LogP contribution >= 0.6 is 0 Å². The molecule has 5 aliphatic rings. The number of alkyl halides is 1. The lowest BCUT2D eigenvalue weighted by atomic mass is 9.56. The number of aliphatic hydroxyl groups excluding tert-OH is 2. The molecule has 196 valence electrons. The lowest BCUT2D eigenvalue weighted by Crippen LogP contribution is -2.73. The number of nitrogens with zero attached hydrogens (tertiary/aromatic N) is 1. The van der Waals surface area contributed by atoms with Gasteiger partial charge in [-0.1, -0.05) is 31.2 Å². The Labute approximate surface area is 215 Å². The molecule has 8 atom stereocenters. The van der Waals surface area contributed by atoms with E-state index in [1.165, 1.54) is 5.57 Å². The fraction of sp³-hybridized carbons (Fsp3) is 0.567. The van der Waals surface area contributed by atoms with Gasteiger partial charge >= 0.3 is 0 Å². The van der Waals surface area contributed by atoms with Crippen LogP contribution in [0.5, 0.6) is 0 Å². The van der Waals surface area contributed by atoms with Crippen molar-refractivity contribution in [3.63, 3.8) is 0 Å². The van der Waals surface area contributed by atoms with Crippen LogP contribution in [0.3, 0.4) is 0 Å². The lowest BCUT2D eigenvalue weighted by Gasteiger charge is -2.61. The maximum absolute atomic E-state index is 16.9. The molecule has 2 bridgehead atoms. The number of allylic oxidation sites excluding steroid dienone is 3. The van der Waals surface area contributed by atoms with Crippen LogP contribution in [0.25, 0.3) is 16.3 Å². The highest BCUT2D eigenvalue weighted by Crippen LogP contribution is 2.70. The molecule has 5 unspecified atom stereocenters. The molecule has 1 saturated carbocycles. The van der Waals surface area contributed by atoms with Crippen LogP contribution < -0.4 is 5.56 Å². The second kappa shape index (κ2) is 7.41. The van der Waals surface area contributed by atoms with Crippen molar-refractivity contribution in [2.75, 3.05) is 14.1 Å². The Morgan fingerprint density at radius 3 is 2.70 bits per heavy atom. The third kappa shape index (κ3) is 2.86. The van der Waals surface area contributed by atoms with E-state index in [1.54, 1.807) is 12.3 Å². The van der Waals surface area contributed by atoms with E-state index in [1.807, 2.05) is 31.1 Å². The van der Waals surface area contributed by atoms with Crippen LogP contribution in [-0.2, 0) is 4.74 Å². The molecular formula is C30H35FN2O4. The van der Waals surface area contributed by atoms with Gasteiger partial charge in [-0.05, 0) is 79.7 Å². The van der Waals surface area contributed by atoms with Crippen molar-refractivity contribution < 1.29 is 19.3 Å². The maximum atomic E-state index is 16.9. The maximum Gasteiger partial charge on any atom is 0.248 e. The number of ether oxygens (including phenoxy) is 1. The first kappa shape index (κ1) is 23.8. The predicted octanol–water partition coefficient (Wildman–Crippen LogP) is 3.72. The Morgan fingerprint density at radius 1 is 1.11 bits per heavy atom. The molecule has 2 aliphatic heterocycles. The molecule has 3 fully saturated rings. The number of benzene rings is 1. The first-order valence-corrected chi connectivity index (χ1v) is 13.5. The second-order valence-corrected chi connectivity index (χ2v) is 12.6. The van der Waals surface area contributed by atoms with Gasteiger partial charge in [0.15, 0.2) is 5.67 Å². The lowest BCUT2D eigenvalue weighted by molar-refractivity contribution is -0.277. The Kier molecular flexibility index (Phi) is 4.76. The van der Waals surface area contributed by atoms with Gasteiger partial charge in [0.05, 0.1) is 11.7 Å². The molecule has 7 heteroatoms. The van der Waals surface area contributed by atoms with Gasteiger partial charge in [-0.25, -0.2) is 4.39 Å². The number of aromatic amines is 1. The number of halogens is 1. The van der Waals surface area contributed by atoms with Crippen LogP contribution in [0, 0.1) is 11.3 Å². The van der Waals surface area contributed by atoms with Crippen LogP contribution in [0.4, 0.5) is 4.39 Å². The van der Waals surface area contributed by atoms with Crippen LogP contribution in [0.1, 0.15) is 51.0 Å². The van der Waals surface area contributed by atoms with Crippen molar-refractivity contribution in [2.24, 2.45) is 11.3 Å². The van der Waals surface area contributed by atoms with Gasteiger partial charge in [-0.3, -0.25) is 4.79 Å². The molecule has 37 heavy (non-hydrogen) atoms. The van der Waals surface area contributed by atoms with E-state index in [0.717, 1.165) is 22.8 Å². The molecule has 0 amide bonds. The van der Waals surface area contributed by atoms with E-state index >= 15 is 4.39 Å². The minimum Gasteiger partial charge on any atom is -0.391 e. The van der Waals surface area contributed by atoms with E-state index in [9.17, 15) is 15.0 Å². The summed E-state index contributed by atoms with van der Waals surface area (Å²) in [4.78, 5) is 16.5.